The number of halogens is 1. The molecule has 1 heterocycles. The van der Waals surface area contributed by atoms with Gasteiger partial charge in [-0.25, -0.2) is 4.39 Å². The van der Waals surface area contributed by atoms with Crippen LogP contribution >= 0.6 is 0 Å². The first-order chi connectivity index (χ1) is 9.01. The third-order valence-electron chi connectivity index (χ3n) is 3.84. The fourth-order valence-corrected chi connectivity index (χ4v) is 2.91. The molecule has 1 aliphatic rings. The molecule has 0 bridgehead atoms. The molecule has 1 saturated heterocycles. The van der Waals surface area contributed by atoms with E-state index in [-0.39, 0.29) is 23.6 Å². The van der Waals surface area contributed by atoms with Gasteiger partial charge in [0.25, 0.3) is 0 Å². The Bertz CT molecular complexity index is 466. The summed E-state index contributed by atoms with van der Waals surface area (Å²) in [5.41, 5.74) is 0.339. The Morgan fingerprint density at radius 1 is 1.42 bits per heavy atom. The number of esters is 1. The Balaban J connectivity index is 2.43. The fraction of sp³-hybridized carbons (Fsp3) is 0.533. The second-order valence-corrected chi connectivity index (χ2v) is 5.40. The van der Waals surface area contributed by atoms with Crippen LogP contribution in [-0.2, 0) is 19.7 Å². The van der Waals surface area contributed by atoms with E-state index in [1.165, 1.54) is 19.2 Å². The van der Waals surface area contributed by atoms with Crippen molar-refractivity contribution in [2.45, 2.75) is 19.3 Å². The van der Waals surface area contributed by atoms with Gasteiger partial charge in [-0.15, -0.1) is 0 Å². The van der Waals surface area contributed by atoms with Gasteiger partial charge in [0, 0.05) is 0 Å². The molecule has 3 nitrogen and oxygen atoms in total. The average molecular weight is 266 g/mol. The molecule has 1 aromatic rings. The number of hydrogen-bond donors (Lipinski definition) is 0. The molecule has 1 unspecified atom stereocenters. The number of hydrogen-bond acceptors (Lipinski definition) is 3. The fourth-order valence-electron chi connectivity index (χ4n) is 2.91. The van der Waals surface area contributed by atoms with Gasteiger partial charge in [0.15, 0.2) is 0 Å². The van der Waals surface area contributed by atoms with Gasteiger partial charge in [-0.05, 0) is 23.6 Å². The van der Waals surface area contributed by atoms with Crippen molar-refractivity contribution in [1.82, 2.24) is 0 Å². The molecular formula is C15H19FO3. The first-order valence-corrected chi connectivity index (χ1v) is 6.43. The second-order valence-electron chi connectivity index (χ2n) is 5.40. The van der Waals surface area contributed by atoms with Gasteiger partial charge in [-0.3, -0.25) is 4.79 Å². The van der Waals surface area contributed by atoms with Crippen molar-refractivity contribution in [3.8, 4) is 0 Å². The topological polar surface area (TPSA) is 35.5 Å². The Morgan fingerprint density at radius 2 is 2.11 bits per heavy atom. The van der Waals surface area contributed by atoms with Crippen molar-refractivity contribution >= 4 is 5.97 Å². The molecule has 19 heavy (non-hydrogen) atoms. The zero-order valence-electron chi connectivity index (χ0n) is 11.5. The summed E-state index contributed by atoms with van der Waals surface area (Å²) >= 11 is 0. The van der Waals surface area contributed by atoms with Gasteiger partial charge in [0.2, 0.25) is 0 Å². The van der Waals surface area contributed by atoms with Gasteiger partial charge in [0.05, 0.1) is 31.7 Å². The zero-order chi connectivity index (χ0) is 14.0. The summed E-state index contributed by atoms with van der Waals surface area (Å²) in [4.78, 5) is 12.1. The highest BCUT2D eigenvalue weighted by atomic mass is 19.1. The summed E-state index contributed by atoms with van der Waals surface area (Å²) in [7, 11) is 1.39. The summed E-state index contributed by atoms with van der Waals surface area (Å²) in [6, 6.07) is 6.41. The van der Waals surface area contributed by atoms with Gasteiger partial charge in [-0.2, -0.15) is 0 Å². The summed E-state index contributed by atoms with van der Waals surface area (Å²) in [5.74, 6) is -0.786. The summed E-state index contributed by atoms with van der Waals surface area (Å²) in [6.07, 6.45) is 0. The van der Waals surface area contributed by atoms with Crippen molar-refractivity contribution in [3.63, 3.8) is 0 Å². The highest BCUT2D eigenvalue weighted by Gasteiger charge is 2.52. The number of ether oxygens (including phenoxy) is 2. The van der Waals surface area contributed by atoms with E-state index in [0.29, 0.717) is 13.2 Å². The number of rotatable bonds is 4. The van der Waals surface area contributed by atoms with E-state index in [1.807, 2.05) is 19.9 Å². The summed E-state index contributed by atoms with van der Waals surface area (Å²) < 4.78 is 23.7. The van der Waals surface area contributed by atoms with E-state index in [0.717, 1.165) is 5.56 Å². The van der Waals surface area contributed by atoms with Crippen LogP contribution in [0.1, 0.15) is 19.4 Å². The predicted molar refractivity (Wildman–Crippen MR) is 69.2 cm³/mol. The number of benzene rings is 1. The molecule has 2 rings (SSSR count). The van der Waals surface area contributed by atoms with Gasteiger partial charge in [0.1, 0.15) is 5.82 Å². The molecule has 1 aromatic carbocycles. The van der Waals surface area contributed by atoms with Gasteiger partial charge >= 0.3 is 5.97 Å². The van der Waals surface area contributed by atoms with Crippen LogP contribution in [-0.4, -0.2) is 26.3 Å². The van der Waals surface area contributed by atoms with Crippen LogP contribution in [0.25, 0.3) is 0 Å². The zero-order valence-corrected chi connectivity index (χ0v) is 11.5. The van der Waals surface area contributed by atoms with E-state index < -0.39 is 5.41 Å². The van der Waals surface area contributed by atoms with Gasteiger partial charge < -0.3 is 9.47 Å². The maximum atomic E-state index is 13.4. The largest absolute Gasteiger partial charge is 0.469 e. The van der Waals surface area contributed by atoms with Crippen molar-refractivity contribution < 1.29 is 18.7 Å². The standard InChI is InChI=1S/C15H19FO3/c1-10(2)13(14(17)18-3)15(8-19-9-15)11-5-4-6-12(16)7-11/h4-7,10,13H,8-9H2,1-3H3. The third kappa shape index (κ3) is 2.37. The minimum atomic E-state index is -0.469. The van der Waals surface area contributed by atoms with Crippen LogP contribution in [0, 0.1) is 17.7 Å². The smallest absolute Gasteiger partial charge is 0.310 e. The lowest BCUT2D eigenvalue weighted by Crippen LogP contribution is -2.56. The maximum absolute atomic E-state index is 13.4. The molecule has 1 atom stereocenters. The molecule has 0 aliphatic carbocycles. The van der Waals surface area contributed by atoms with Crippen molar-refractivity contribution in [1.29, 1.82) is 0 Å². The first kappa shape index (κ1) is 14.0. The maximum Gasteiger partial charge on any atom is 0.310 e. The molecule has 4 heteroatoms. The van der Waals surface area contributed by atoms with Crippen molar-refractivity contribution in [2.24, 2.45) is 11.8 Å². The van der Waals surface area contributed by atoms with E-state index in [2.05, 4.69) is 0 Å². The summed E-state index contributed by atoms with van der Waals surface area (Å²) in [6.45, 7) is 4.80. The Labute approximate surface area is 112 Å². The SMILES string of the molecule is COC(=O)C(C(C)C)C1(c2cccc(F)c2)COC1. The van der Waals surface area contributed by atoms with E-state index in [1.54, 1.807) is 6.07 Å². The molecular weight excluding hydrogens is 247 g/mol. The lowest BCUT2D eigenvalue weighted by atomic mass is 9.64. The Hall–Kier alpha value is -1.42. The lowest BCUT2D eigenvalue weighted by molar-refractivity contribution is -0.164. The Kier molecular flexibility index (Phi) is 3.90. The van der Waals surface area contributed by atoms with E-state index in [4.69, 9.17) is 9.47 Å². The molecule has 0 aromatic heterocycles. The first-order valence-electron chi connectivity index (χ1n) is 6.43. The molecule has 0 amide bonds. The summed E-state index contributed by atoms with van der Waals surface area (Å²) in [5, 5.41) is 0. The van der Waals surface area contributed by atoms with Crippen LogP contribution < -0.4 is 0 Å². The van der Waals surface area contributed by atoms with Crippen molar-refractivity contribution in [2.75, 3.05) is 20.3 Å². The van der Waals surface area contributed by atoms with E-state index in [9.17, 15) is 9.18 Å². The van der Waals surface area contributed by atoms with Crippen LogP contribution in [0.2, 0.25) is 0 Å². The molecule has 1 fully saturated rings. The molecule has 0 N–H and O–H groups in total. The van der Waals surface area contributed by atoms with E-state index >= 15 is 0 Å². The third-order valence-corrected chi connectivity index (χ3v) is 3.84. The quantitative estimate of drug-likeness (QED) is 0.786. The molecule has 0 spiro atoms. The number of carbonyl (C=O) groups is 1. The predicted octanol–water partition coefficient (Wildman–Crippen LogP) is 2.54. The number of carbonyl (C=O) groups excluding carboxylic acids is 1. The molecule has 1 aliphatic heterocycles. The Morgan fingerprint density at radius 3 is 2.53 bits per heavy atom. The van der Waals surface area contributed by atoms with Crippen molar-refractivity contribution in [3.05, 3.63) is 35.6 Å². The normalized spacial score (nSPS) is 18.8. The molecule has 104 valence electrons. The van der Waals surface area contributed by atoms with Gasteiger partial charge in [-0.1, -0.05) is 26.0 Å². The van der Waals surface area contributed by atoms with Crippen LogP contribution in [0.15, 0.2) is 24.3 Å². The van der Waals surface area contributed by atoms with Crippen LogP contribution in [0.4, 0.5) is 4.39 Å². The number of methoxy groups -OCH3 is 1. The second kappa shape index (κ2) is 5.29. The average Bonchev–Trinajstić information content (AvgIpc) is 2.32. The molecule has 0 radical (unpaired) electrons. The lowest BCUT2D eigenvalue weighted by Gasteiger charge is -2.47. The minimum absolute atomic E-state index is 0.0969. The van der Waals surface area contributed by atoms with Crippen LogP contribution in [0.3, 0.4) is 0 Å². The minimum Gasteiger partial charge on any atom is -0.469 e. The highest BCUT2D eigenvalue weighted by Crippen LogP contribution is 2.43. The van der Waals surface area contributed by atoms with Crippen LogP contribution in [0.5, 0.6) is 0 Å². The monoisotopic (exact) mass is 266 g/mol. The molecule has 0 saturated carbocycles. The highest BCUT2D eigenvalue weighted by molar-refractivity contribution is 5.75.